The molecule has 1 aromatic carbocycles. The molecule has 0 bridgehead atoms. The first-order chi connectivity index (χ1) is 15.3. The summed E-state index contributed by atoms with van der Waals surface area (Å²) in [7, 11) is -6.36. The van der Waals surface area contributed by atoms with E-state index < -0.39 is 45.3 Å². The Kier molecular flexibility index (Phi) is 7.18. The molecule has 0 radical (unpaired) electrons. The Bertz CT molecular complexity index is 974. The fraction of sp³-hybridized carbons (Fsp3) is 0.550. The van der Waals surface area contributed by atoms with Crippen LogP contribution in [0.2, 0.25) is 0 Å². The van der Waals surface area contributed by atoms with Crippen LogP contribution in [0.4, 0.5) is 27.6 Å². The highest BCUT2D eigenvalue weighted by atomic mass is 32.2. The van der Waals surface area contributed by atoms with Crippen LogP contribution in [0, 0.1) is 5.92 Å². The SMILES string of the molecule is C=Cc1ccc(NC(=O)C(F)(F)S(=O)(=O)OC(C2CCCC23OCCCO3)C(F)(F)F)cc1. The Labute approximate surface area is 187 Å². The molecule has 1 saturated heterocycles. The van der Waals surface area contributed by atoms with E-state index in [-0.39, 0.29) is 38.2 Å². The third kappa shape index (κ3) is 5.20. The molecule has 2 fully saturated rings. The van der Waals surface area contributed by atoms with Crippen LogP contribution in [0.5, 0.6) is 0 Å². The molecule has 1 aliphatic heterocycles. The number of halogens is 5. The van der Waals surface area contributed by atoms with Gasteiger partial charge in [-0.3, -0.25) is 8.98 Å². The van der Waals surface area contributed by atoms with Gasteiger partial charge in [0.1, 0.15) is 0 Å². The van der Waals surface area contributed by atoms with Crippen molar-refractivity contribution in [2.75, 3.05) is 18.5 Å². The van der Waals surface area contributed by atoms with Gasteiger partial charge in [0.05, 0.1) is 13.2 Å². The Morgan fingerprint density at radius 1 is 1.15 bits per heavy atom. The van der Waals surface area contributed by atoms with Crippen LogP contribution in [0.25, 0.3) is 6.08 Å². The molecular formula is C20H22F5NO6S. The molecule has 33 heavy (non-hydrogen) atoms. The van der Waals surface area contributed by atoms with E-state index in [0.717, 1.165) is 0 Å². The normalized spacial score (nSPS) is 22.2. The maximum Gasteiger partial charge on any atom is 0.447 e. The number of ether oxygens (including phenoxy) is 2. The molecule has 2 unspecified atom stereocenters. The number of rotatable bonds is 7. The van der Waals surface area contributed by atoms with E-state index in [1.165, 1.54) is 30.3 Å². The summed E-state index contributed by atoms with van der Waals surface area (Å²) >= 11 is 0. The minimum absolute atomic E-state index is 0.0191. The van der Waals surface area contributed by atoms with Gasteiger partial charge in [-0.1, -0.05) is 24.8 Å². The summed E-state index contributed by atoms with van der Waals surface area (Å²) in [5.74, 6) is -5.86. The number of amides is 1. The monoisotopic (exact) mass is 499 g/mol. The van der Waals surface area contributed by atoms with E-state index in [2.05, 4.69) is 10.8 Å². The zero-order chi connectivity index (χ0) is 24.5. The zero-order valence-electron chi connectivity index (χ0n) is 17.2. The predicted molar refractivity (Wildman–Crippen MR) is 107 cm³/mol. The van der Waals surface area contributed by atoms with Crippen LogP contribution in [0.1, 0.15) is 31.2 Å². The van der Waals surface area contributed by atoms with E-state index in [4.69, 9.17) is 9.47 Å². The van der Waals surface area contributed by atoms with Gasteiger partial charge in [0.2, 0.25) is 0 Å². The minimum Gasteiger partial charge on any atom is -0.349 e. The number of benzene rings is 1. The fourth-order valence-electron chi connectivity index (χ4n) is 3.87. The first-order valence-corrected chi connectivity index (χ1v) is 11.4. The van der Waals surface area contributed by atoms with Gasteiger partial charge in [0.25, 0.3) is 0 Å². The lowest BCUT2D eigenvalue weighted by atomic mass is 9.94. The average Bonchev–Trinajstić information content (AvgIpc) is 3.14. The van der Waals surface area contributed by atoms with E-state index in [1.807, 2.05) is 0 Å². The Morgan fingerprint density at radius 3 is 2.30 bits per heavy atom. The predicted octanol–water partition coefficient (Wildman–Crippen LogP) is 4.07. The maximum atomic E-state index is 14.5. The van der Waals surface area contributed by atoms with Crippen LogP contribution in [-0.4, -0.2) is 50.9 Å². The van der Waals surface area contributed by atoms with Gasteiger partial charge in [-0.05, 0) is 37.0 Å². The molecule has 7 nitrogen and oxygen atoms in total. The number of hydrogen-bond donors (Lipinski definition) is 1. The molecule has 2 atom stereocenters. The van der Waals surface area contributed by atoms with Crippen LogP contribution >= 0.6 is 0 Å². The highest BCUT2D eigenvalue weighted by Gasteiger charge is 2.63. The van der Waals surface area contributed by atoms with Gasteiger partial charge in [-0.2, -0.15) is 30.4 Å². The molecule has 3 rings (SSSR count). The summed E-state index contributed by atoms with van der Waals surface area (Å²) in [6, 6.07) is 5.18. The lowest BCUT2D eigenvalue weighted by molar-refractivity contribution is -0.317. The summed E-state index contributed by atoms with van der Waals surface area (Å²) < 4.78 is 110. The Hall–Kier alpha value is -2.09. The second kappa shape index (κ2) is 9.28. The second-order valence-electron chi connectivity index (χ2n) is 7.67. The summed E-state index contributed by atoms with van der Waals surface area (Å²) in [6.07, 6.45) is -6.72. The third-order valence-electron chi connectivity index (χ3n) is 5.49. The lowest BCUT2D eigenvalue weighted by Crippen LogP contribution is -2.55. The summed E-state index contributed by atoms with van der Waals surface area (Å²) in [6.45, 7) is 3.62. The summed E-state index contributed by atoms with van der Waals surface area (Å²) in [4.78, 5) is 12.0. The van der Waals surface area contributed by atoms with Crippen molar-refractivity contribution < 1.29 is 48.8 Å². The first kappa shape index (κ1) is 25.5. The molecule has 1 amide bonds. The van der Waals surface area contributed by atoms with E-state index in [9.17, 15) is 35.2 Å². The van der Waals surface area contributed by atoms with Crippen LogP contribution in [0.3, 0.4) is 0 Å². The van der Waals surface area contributed by atoms with Gasteiger partial charge >= 0.3 is 27.5 Å². The molecule has 1 N–H and O–H groups in total. The van der Waals surface area contributed by atoms with Crippen molar-refractivity contribution in [1.82, 2.24) is 0 Å². The Balaban J connectivity index is 1.83. The molecule has 1 aromatic rings. The Morgan fingerprint density at radius 2 is 1.76 bits per heavy atom. The average molecular weight is 499 g/mol. The number of carbonyl (C=O) groups is 1. The topological polar surface area (TPSA) is 90.9 Å². The lowest BCUT2D eigenvalue weighted by Gasteiger charge is -2.41. The standard InChI is InChI=1S/C20H22F5NO6S/c1-2-13-6-8-14(9-7-13)26-17(27)20(24,25)33(28,29)32-16(19(21,22)23)15-5-3-10-18(15)30-11-4-12-31-18/h2,6-9,15-16H,1,3-5,10-12H2,(H,26,27). The number of alkyl halides is 5. The smallest absolute Gasteiger partial charge is 0.349 e. The van der Waals surface area contributed by atoms with Gasteiger partial charge in [-0.15, -0.1) is 0 Å². The molecule has 1 heterocycles. The first-order valence-electron chi connectivity index (χ1n) is 10.0. The molecule has 1 spiro atoms. The molecular weight excluding hydrogens is 477 g/mol. The highest BCUT2D eigenvalue weighted by molar-refractivity contribution is 7.88. The number of nitrogens with one attached hydrogen (secondary N) is 1. The van der Waals surface area contributed by atoms with E-state index in [1.54, 1.807) is 5.32 Å². The number of carbonyl (C=O) groups excluding carboxylic acids is 1. The van der Waals surface area contributed by atoms with E-state index >= 15 is 0 Å². The molecule has 0 aromatic heterocycles. The highest BCUT2D eigenvalue weighted by Crippen LogP contribution is 2.49. The summed E-state index contributed by atoms with van der Waals surface area (Å²) in [5.41, 5.74) is 0.382. The fourth-order valence-corrected chi connectivity index (χ4v) is 4.79. The number of hydrogen-bond acceptors (Lipinski definition) is 6. The molecule has 2 aliphatic rings. The van der Waals surface area contributed by atoms with Crippen molar-refractivity contribution >= 4 is 27.8 Å². The van der Waals surface area contributed by atoms with Crippen molar-refractivity contribution in [3.63, 3.8) is 0 Å². The van der Waals surface area contributed by atoms with Crippen molar-refractivity contribution in [3.8, 4) is 0 Å². The van der Waals surface area contributed by atoms with Gasteiger partial charge < -0.3 is 14.8 Å². The van der Waals surface area contributed by atoms with Crippen molar-refractivity contribution in [2.45, 2.75) is 49.0 Å². The van der Waals surface area contributed by atoms with E-state index in [0.29, 0.717) is 12.0 Å². The van der Waals surface area contributed by atoms with Gasteiger partial charge in [0.15, 0.2) is 11.9 Å². The van der Waals surface area contributed by atoms with Crippen molar-refractivity contribution in [2.24, 2.45) is 5.92 Å². The second-order valence-corrected chi connectivity index (χ2v) is 9.28. The van der Waals surface area contributed by atoms with Gasteiger partial charge in [0, 0.05) is 18.0 Å². The maximum absolute atomic E-state index is 14.5. The molecule has 1 aliphatic carbocycles. The van der Waals surface area contributed by atoms with Crippen LogP contribution in [0.15, 0.2) is 30.8 Å². The minimum atomic E-state index is -6.36. The molecule has 184 valence electrons. The van der Waals surface area contributed by atoms with Crippen LogP contribution < -0.4 is 5.32 Å². The van der Waals surface area contributed by atoms with Crippen molar-refractivity contribution in [3.05, 3.63) is 36.4 Å². The number of anilines is 1. The largest absolute Gasteiger partial charge is 0.447 e. The zero-order valence-corrected chi connectivity index (χ0v) is 18.1. The third-order valence-corrected chi connectivity index (χ3v) is 6.76. The molecule has 1 saturated carbocycles. The summed E-state index contributed by atoms with van der Waals surface area (Å²) in [5, 5.41) is -3.65. The van der Waals surface area contributed by atoms with Gasteiger partial charge in [-0.25, -0.2) is 0 Å². The van der Waals surface area contributed by atoms with Crippen LogP contribution in [-0.2, 0) is 28.6 Å². The molecule has 13 heteroatoms. The van der Waals surface area contributed by atoms with Crippen molar-refractivity contribution in [1.29, 1.82) is 0 Å². The quantitative estimate of drug-likeness (QED) is 0.449.